The number of nitrogens with zero attached hydrogens (tertiary/aromatic N) is 6. The summed E-state index contributed by atoms with van der Waals surface area (Å²) in [5.74, 6) is -1.29. The molecule has 0 aliphatic carbocycles. The number of thiophene rings is 3. The van der Waals surface area contributed by atoms with E-state index in [1.807, 2.05) is 7.05 Å². The zero-order valence-electron chi connectivity index (χ0n) is 73.4. The lowest BCUT2D eigenvalue weighted by atomic mass is 10.1. The van der Waals surface area contributed by atoms with Gasteiger partial charge in [0.1, 0.15) is 63.3 Å². The van der Waals surface area contributed by atoms with E-state index in [2.05, 4.69) is 53.8 Å². The summed E-state index contributed by atoms with van der Waals surface area (Å²) in [6.45, 7) is 6.14. The fourth-order valence-corrected chi connectivity index (χ4v) is 21.5. The third-order valence-corrected chi connectivity index (χ3v) is 30.5. The Balaban J connectivity index is 0.000000153. The predicted octanol–water partition coefficient (Wildman–Crippen LogP) is 10.9. The van der Waals surface area contributed by atoms with Crippen LogP contribution in [0.25, 0.3) is 52.4 Å². The number of H-pyrrole nitrogens is 2. The number of aromatic nitrogens is 6. The van der Waals surface area contributed by atoms with Crippen molar-refractivity contribution >= 4 is 189 Å². The van der Waals surface area contributed by atoms with Crippen LogP contribution in [0.3, 0.4) is 0 Å². The Labute approximate surface area is 790 Å². The highest BCUT2D eigenvalue weighted by Crippen LogP contribution is 2.52. The number of nitrogens with one attached hydrogen (secondary N) is 8. The molecule has 722 valence electrons. The molecule has 0 bridgehead atoms. The number of benzene rings is 5. The van der Waals surface area contributed by atoms with E-state index in [1.165, 1.54) is 157 Å². The minimum absolute atomic E-state index is 0.00615. The van der Waals surface area contributed by atoms with Crippen molar-refractivity contribution in [1.29, 1.82) is 0 Å². The number of halogens is 2. The van der Waals surface area contributed by atoms with E-state index >= 15 is 4.39 Å². The van der Waals surface area contributed by atoms with E-state index in [-0.39, 0.29) is 153 Å². The van der Waals surface area contributed by atoms with E-state index in [0.29, 0.717) is 71.3 Å². The molecule has 40 nitrogen and oxygen atoms in total. The number of anilines is 5. The molecule has 16 rings (SSSR count). The van der Waals surface area contributed by atoms with Crippen molar-refractivity contribution in [3.63, 3.8) is 0 Å². The summed E-state index contributed by atoms with van der Waals surface area (Å²) in [5.41, 5.74) is 2.78. The first-order valence-electron chi connectivity index (χ1n) is 40.4. The van der Waals surface area contributed by atoms with Gasteiger partial charge in [0.2, 0.25) is 29.1 Å². The Bertz CT molecular complexity index is 7110. The van der Waals surface area contributed by atoms with Crippen LogP contribution in [0.5, 0.6) is 51.7 Å². The summed E-state index contributed by atoms with van der Waals surface area (Å²) in [6, 6.07) is 22.8. The van der Waals surface area contributed by atoms with Gasteiger partial charge >= 0.3 is 11.9 Å². The molecule has 0 unspecified atom stereocenters. The Morgan fingerprint density at radius 2 is 0.860 bits per heavy atom. The number of likely N-dealkylation sites (N-methyl/N-ethyl adjacent to an activating group) is 2. The van der Waals surface area contributed by atoms with Crippen molar-refractivity contribution in [1.82, 2.24) is 44.2 Å². The number of carboxylic acids is 1. The average Bonchev–Trinajstić information content (AvgIpc) is 1.73. The quantitative estimate of drug-likeness (QED) is 0.0154. The van der Waals surface area contributed by atoms with Crippen LogP contribution >= 0.6 is 34.0 Å². The number of ether oxygens (including phenoxy) is 10. The van der Waals surface area contributed by atoms with E-state index in [4.69, 9.17) is 57.6 Å². The molecule has 2 amide bonds. The number of fused-ring (bicyclic) bond motifs is 5. The van der Waals surface area contributed by atoms with Crippen molar-refractivity contribution in [3.8, 4) is 51.7 Å². The number of carbonyl (C=O) groups is 4. The number of methoxy groups -OCH3 is 3. The molecule has 10 N–H and O–H groups in total. The van der Waals surface area contributed by atoms with Crippen LogP contribution in [0.4, 0.5) is 37.2 Å². The maximum absolute atomic E-state index is 15.3. The molecular formula is C86H90F2N14O26S8. The lowest BCUT2D eigenvalue weighted by Gasteiger charge is -2.31. The first kappa shape index (κ1) is 101. The lowest BCUT2D eigenvalue weighted by Crippen LogP contribution is -2.46. The molecule has 136 heavy (non-hydrogen) atoms. The number of amides is 2. The zero-order valence-corrected chi connectivity index (χ0v) is 79.9. The Kier molecular flexibility index (Phi) is 33.3. The fourth-order valence-electron chi connectivity index (χ4n) is 13.2. The van der Waals surface area contributed by atoms with Gasteiger partial charge in [-0.1, -0.05) is 30.4 Å². The van der Waals surface area contributed by atoms with E-state index in [1.54, 1.807) is 87.6 Å². The SMILES string of the molecule is CCOC(=O)/C=C/c1cc(NS(=O)(=O)c2cccs2)c2c(c1OC)OCCO2.CN1CCN(C(=O)/C=C/c2c(NS(=O)(=O)c3ccc[nH]3)cc3c(ncn3C)c2F)CC1.CNC(=O)/C=C/c1c(NS(=O)(=O)c2ccc[nH]2)cc2c(ncn2C)c1F.COc1c(/C=C/C(=O)O)cc(NS(=O)(=O)c2cccs2)c2c1OCCO2.COc1c(/C=C/CO)cc(NS(=O)(=O)c2cccs2)c2c1OCCO2. The maximum Gasteiger partial charge on any atom is 0.330 e. The van der Waals surface area contributed by atoms with Crippen molar-refractivity contribution < 1.29 is 128 Å². The second-order valence-corrected chi connectivity index (χ2v) is 40.5. The monoisotopic (exact) mass is 2030 g/mol. The van der Waals surface area contributed by atoms with Crippen molar-refractivity contribution in [3.05, 3.63) is 202 Å². The number of aliphatic hydroxyl groups excluding tert-OH is 1. The maximum atomic E-state index is 15.3. The summed E-state index contributed by atoms with van der Waals surface area (Å²) in [5, 5.41) is 25.1. The molecular weight excluding hydrogens is 1940 g/mol. The predicted molar refractivity (Wildman–Crippen MR) is 507 cm³/mol. The summed E-state index contributed by atoms with van der Waals surface area (Å²) in [6.07, 6.45) is 18.8. The number of carbonyl (C=O) groups excluding carboxylic acids is 3. The average molecular weight is 2030 g/mol. The van der Waals surface area contributed by atoms with Gasteiger partial charge in [-0.15, -0.1) is 34.0 Å². The number of carboxylic acid groups (broad SMARTS) is 1. The Morgan fingerprint density at radius 3 is 1.21 bits per heavy atom. The molecule has 5 aromatic carbocycles. The van der Waals surface area contributed by atoms with Crippen LogP contribution in [-0.2, 0) is 88.1 Å². The number of aryl methyl sites for hydroxylation is 2. The van der Waals surface area contributed by atoms with Gasteiger partial charge in [-0.2, -0.15) is 16.8 Å². The number of hydrogen-bond acceptors (Lipinski definition) is 31. The van der Waals surface area contributed by atoms with Crippen LogP contribution in [0.15, 0.2) is 185 Å². The Morgan fingerprint density at radius 1 is 0.485 bits per heavy atom. The number of esters is 1. The van der Waals surface area contributed by atoms with Crippen LogP contribution < -0.4 is 71.6 Å². The lowest BCUT2D eigenvalue weighted by molar-refractivity contribution is -0.137. The number of imidazole rings is 2. The first-order valence-corrected chi connectivity index (χ1v) is 50.5. The van der Waals surface area contributed by atoms with Gasteiger partial charge in [0.15, 0.2) is 56.2 Å². The van der Waals surface area contributed by atoms with E-state index in [9.17, 15) is 65.7 Å². The third-order valence-electron chi connectivity index (χ3n) is 19.6. The molecule has 0 saturated carbocycles. The van der Waals surface area contributed by atoms with Crippen LogP contribution in [0.2, 0.25) is 0 Å². The van der Waals surface area contributed by atoms with E-state index in [0.717, 1.165) is 59.3 Å². The van der Waals surface area contributed by atoms with Crippen LogP contribution in [-0.4, -0.2) is 229 Å². The molecule has 1 fully saturated rings. The van der Waals surface area contributed by atoms with Gasteiger partial charge < -0.3 is 91.8 Å². The van der Waals surface area contributed by atoms with Gasteiger partial charge in [0, 0.05) is 112 Å². The van der Waals surface area contributed by atoms with Crippen LogP contribution in [0, 0.1) is 11.6 Å². The minimum Gasteiger partial charge on any atom is -0.492 e. The standard InChI is InChI=1S/C20H23FN6O3S.C18H19NO7S2.C16H16FN5O3S.C16H15NO7S2.C16H17NO6S2/c1-25-8-10-27(11-9-25)18(28)6-5-14-15(24-31(29,30)17-4-3-7-22-17)12-16-20(19(14)21)23-13-26(16)2;1-3-24-14(20)7-6-12-11-13(19-28(21,22)15-5-4-10-27-15)17-18(16(12)23-2)26-9-8-25-17;1-18-13(23)6-5-10-11(21-26(24,25)14-4-3-7-19-14)8-12-16(15(10)17)20-9-22(12)2;1-22-14-10(4-5-12(18)19)9-11(15-16(14)24-7-6-23-15)17-26(20,21)13-3-2-8-25-13;1-21-14-11(4-2-6-18)10-12(15-16(14)23-8-7-22-15)17-25(19,20)13-5-3-9-24-13/h3-7,12-13,22,24H,8-11H2,1-2H3;4-7,10-11,19H,3,8-9H2,1-2H3;3-9,19,21H,1-2H3,(H,18,23);2-5,8-9,17H,6-7H2,1H3,(H,18,19);2-5,9-10,17-18H,6-8H2,1H3/b6-5+;7-6+;6-5+;5-4+;4-2+. The fraction of sp³-hybridized carbons (Fsp3) is 0.233. The van der Waals surface area contributed by atoms with Crippen molar-refractivity contribution in [2.24, 2.45) is 14.1 Å². The van der Waals surface area contributed by atoms with Gasteiger partial charge in [0.25, 0.3) is 50.1 Å². The second kappa shape index (κ2) is 44.9. The molecule has 4 aliphatic rings. The third kappa shape index (κ3) is 24.4. The molecule has 0 radical (unpaired) electrons. The zero-order chi connectivity index (χ0) is 97.8. The van der Waals surface area contributed by atoms with Crippen LogP contribution in [0.1, 0.15) is 34.7 Å². The van der Waals surface area contributed by atoms with Crippen molar-refractivity contribution in [2.45, 2.75) is 29.6 Å². The highest BCUT2D eigenvalue weighted by Gasteiger charge is 2.33. The molecule has 1 saturated heterocycles. The number of aliphatic carboxylic acids is 1. The molecule has 0 atom stereocenters. The normalized spacial score (nSPS) is 13.8. The van der Waals surface area contributed by atoms with E-state index < -0.39 is 79.6 Å². The molecule has 4 aliphatic heterocycles. The van der Waals surface area contributed by atoms with Gasteiger partial charge in [-0.05, 0) is 127 Å². The van der Waals surface area contributed by atoms with Gasteiger partial charge in [-0.3, -0.25) is 33.2 Å². The molecule has 12 aromatic rings. The first-order chi connectivity index (χ1) is 65.0. The second-order valence-electron chi connectivity index (χ2n) is 28.6. The van der Waals surface area contributed by atoms with Gasteiger partial charge in [0.05, 0.1) is 86.7 Å². The number of rotatable bonds is 29. The number of aromatic amines is 2. The number of sulfonamides is 5. The molecule has 0 spiro atoms. The summed E-state index contributed by atoms with van der Waals surface area (Å²) in [4.78, 5) is 63.6. The highest BCUT2D eigenvalue weighted by atomic mass is 32.3. The number of aliphatic hydroxyl groups is 1. The summed E-state index contributed by atoms with van der Waals surface area (Å²) in [7, 11) is -8.19. The molecule has 50 heteroatoms. The largest absolute Gasteiger partial charge is 0.492 e. The van der Waals surface area contributed by atoms with Crippen molar-refractivity contribution in [2.75, 3.05) is 138 Å². The Hall–Kier alpha value is -14.0. The number of hydrogen-bond donors (Lipinski definition) is 10. The molecule has 11 heterocycles. The minimum atomic E-state index is -3.98. The highest BCUT2D eigenvalue weighted by molar-refractivity contribution is 7.95. The number of piperazine rings is 1. The smallest absolute Gasteiger partial charge is 0.330 e. The summed E-state index contributed by atoms with van der Waals surface area (Å²) < 4.78 is 227. The summed E-state index contributed by atoms with van der Waals surface area (Å²) >= 11 is 3.29. The molecule has 7 aromatic heterocycles. The topological polar surface area (TPSA) is 518 Å². The van der Waals surface area contributed by atoms with Gasteiger partial charge in [-0.25, -0.2) is 53.6 Å².